The Kier molecular flexibility index (Phi) is 3.03. The van der Waals surface area contributed by atoms with E-state index in [2.05, 4.69) is 10.2 Å². The van der Waals surface area contributed by atoms with E-state index >= 15 is 0 Å². The van der Waals surface area contributed by atoms with Gasteiger partial charge in [-0.25, -0.2) is 8.42 Å². The summed E-state index contributed by atoms with van der Waals surface area (Å²) in [5.74, 6) is -0.0123. The quantitative estimate of drug-likeness (QED) is 0.604. The van der Waals surface area contributed by atoms with Gasteiger partial charge in [-0.15, -0.1) is 0 Å². The summed E-state index contributed by atoms with van der Waals surface area (Å²) >= 11 is 0. The zero-order chi connectivity index (χ0) is 11.1. The summed E-state index contributed by atoms with van der Waals surface area (Å²) in [7, 11) is -0.981. The van der Waals surface area contributed by atoms with Gasteiger partial charge in [0.15, 0.2) is 9.84 Å². The van der Waals surface area contributed by atoms with E-state index in [9.17, 15) is 13.5 Å². The molecule has 0 spiro atoms. The summed E-state index contributed by atoms with van der Waals surface area (Å²) in [4.78, 5) is 2.20. The number of likely N-dealkylation sites (tertiary alicyclic amines) is 1. The molecule has 2 rings (SSSR count). The molecular weight excluding hydrogens is 216 g/mol. The minimum absolute atomic E-state index is 0.0778. The van der Waals surface area contributed by atoms with Crippen LogP contribution in [-0.2, 0) is 9.84 Å². The second-order valence-electron chi connectivity index (χ2n) is 4.67. The second kappa shape index (κ2) is 4.01. The van der Waals surface area contributed by atoms with Crippen LogP contribution in [0.4, 0.5) is 0 Å². The fourth-order valence-electron chi connectivity index (χ4n) is 2.36. The lowest BCUT2D eigenvalue weighted by molar-refractivity contribution is 0.159. The summed E-state index contributed by atoms with van der Waals surface area (Å²) in [6.07, 6.45) is 0.292. The lowest BCUT2D eigenvalue weighted by Gasteiger charge is -2.20. The predicted molar refractivity (Wildman–Crippen MR) is 57.5 cm³/mol. The summed E-state index contributed by atoms with van der Waals surface area (Å²) in [5.41, 5.74) is 0. The standard InChI is InChI=1S/C9H18N2O3S/c1-11-3-2-7(4-11)10-8-5-15(13,14)6-9(8)12/h7-10,12H,2-6H2,1H3. The SMILES string of the molecule is CN1CCC(NC2CS(=O)(=O)CC2O)C1. The monoisotopic (exact) mass is 234 g/mol. The lowest BCUT2D eigenvalue weighted by Crippen LogP contribution is -2.45. The largest absolute Gasteiger partial charge is 0.390 e. The molecule has 0 aromatic heterocycles. The van der Waals surface area contributed by atoms with E-state index in [1.807, 2.05) is 7.05 Å². The first-order valence-electron chi connectivity index (χ1n) is 5.29. The fraction of sp³-hybridized carbons (Fsp3) is 1.00. The van der Waals surface area contributed by atoms with Crippen molar-refractivity contribution in [3.8, 4) is 0 Å². The Hall–Kier alpha value is -0.170. The van der Waals surface area contributed by atoms with Crippen molar-refractivity contribution in [2.24, 2.45) is 0 Å². The van der Waals surface area contributed by atoms with Crippen LogP contribution in [0.15, 0.2) is 0 Å². The van der Waals surface area contributed by atoms with Gasteiger partial charge in [0.2, 0.25) is 0 Å². The van der Waals surface area contributed by atoms with Gasteiger partial charge in [0.25, 0.3) is 0 Å². The van der Waals surface area contributed by atoms with Crippen LogP contribution >= 0.6 is 0 Å². The molecule has 0 amide bonds. The van der Waals surface area contributed by atoms with Gasteiger partial charge in [0.1, 0.15) is 0 Å². The van der Waals surface area contributed by atoms with E-state index in [1.54, 1.807) is 0 Å². The zero-order valence-electron chi connectivity index (χ0n) is 8.89. The van der Waals surface area contributed by atoms with Crippen molar-refractivity contribution >= 4 is 9.84 Å². The van der Waals surface area contributed by atoms with Crippen molar-refractivity contribution in [3.05, 3.63) is 0 Å². The number of hydrogen-bond donors (Lipinski definition) is 2. The van der Waals surface area contributed by atoms with Gasteiger partial charge in [-0.1, -0.05) is 0 Å². The third kappa shape index (κ3) is 2.69. The highest BCUT2D eigenvalue weighted by Gasteiger charge is 2.37. The van der Waals surface area contributed by atoms with Crippen molar-refractivity contribution in [1.82, 2.24) is 10.2 Å². The van der Waals surface area contributed by atoms with Crippen LogP contribution in [-0.4, -0.2) is 68.3 Å². The van der Waals surface area contributed by atoms with Crippen molar-refractivity contribution in [2.75, 3.05) is 31.6 Å². The van der Waals surface area contributed by atoms with E-state index in [-0.39, 0.29) is 17.5 Å². The number of nitrogens with zero attached hydrogens (tertiary/aromatic N) is 1. The average Bonchev–Trinajstić information content (AvgIpc) is 2.58. The summed E-state index contributed by atoms with van der Waals surface area (Å²) < 4.78 is 22.6. The minimum atomic E-state index is -3.03. The van der Waals surface area contributed by atoms with E-state index < -0.39 is 15.9 Å². The smallest absolute Gasteiger partial charge is 0.154 e. The van der Waals surface area contributed by atoms with E-state index in [0.717, 1.165) is 19.5 Å². The van der Waals surface area contributed by atoms with Crippen LogP contribution in [0.2, 0.25) is 0 Å². The number of sulfone groups is 1. The Morgan fingerprint density at radius 3 is 2.60 bits per heavy atom. The molecule has 2 aliphatic rings. The van der Waals surface area contributed by atoms with Crippen molar-refractivity contribution in [3.63, 3.8) is 0 Å². The molecule has 2 fully saturated rings. The molecule has 88 valence electrons. The van der Waals surface area contributed by atoms with Gasteiger partial charge in [0.05, 0.1) is 17.6 Å². The number of rotatable bonds is 2. The molecule has 2 aliphatic heterocycles. The normalized spacial score (nSPS) is 41.1. The van der Waals surface area contributed by atoms with Crippen LogP contribution in [0.3, 0.4) is 0 Å². The molecule has 3 atom stereocenters. The van der Waals surface area contributed by atoms with Crippen LogP contribution in [0.1, 0.15) is 6.42 Å². The first kappa shape index (κ1) is 11.3. The van der Waals surface area contributed by atoms with E-state index in [0.29, 0.717) is 6.04 Å². The molecule has 2 heterocycles. The first-order chi connectivity index (χ1) is 6.96. The highest BCUT2D eigenvalue weighted by Crippen LogP contribution is 2.15. The predicted octanol–water partition coefficient (Wildman–Crippen LogP) is -1.56. The molecule has 0 saturated carbocycles. The Labute approximate surface area is 90.4 Å². The Bertz CT molecular complexity index is 330. The van der Waals surface area contributed by atoms with Crippen molar-refractivity contribution < 1.29 is 13.5 Å². The maximum Gasteiger partial charge on any atom is 0.154 e. The topological polar surface area (TPSA) is 69.6 Å². The first-order valence-corrected chi connectivity index (χ1v) is 7.11. The molecule has 0 aliphatic carbocycles. The van der Waals surface area contributed by atoms with Gasteiger partial charge in [-0.2, -0.15) is 0 Å². The zero-order valence-corrected chi connectivity index (χ0v) is 9.70. The summed E-state index contributed by atoms with van der Waals surface area (Å²) in [6, 6.07) is 0.0504. The molecule has 0 aromatic carbocycles. The highest BCUT2D eigenvalue weighted by molar-refractivity contribution is 7.91. The fourth-order valence-corrected chi connectivity index (χ4v) is 4.12. The van der Waals surface area contributed by atoms with Crippen molar-refractivity contribution in [2.45, 2.75) is 24.6 Å². The molecular formula is C9H18N2O3S. The maximum atomic E-state index is 11.3. The second-order valence-corrected chi connectivity index (χ2v) is 6.82. The molecule has 0 aromatic rings. The molecule has 6 heteroatoms. The lowest BCUT2D eigenvalue weighted by atomic mass is 10.1. The van der Waals surface area contributed by atoms with E-state index in [1.165, 1.54) is 0 Å². The molecule has 15 heavy (non-hydrogen) atoms. The Morgan fingerprint density at radius 2 is 2.13 bits per heavy atom. The molecule has 2 N–H and O–H groups in total. The minimum Gasteiger partial charge on any atom is -0.390 e. The van der Waals surface area contributed by atoms with Gasteiger partial charge in [-0.05, 0) is 20.0 Å². The molecule has 2 saturated heterocycles. The third-order valence-electron chi connectivity index (χ3n) is 3.16. The number of aliphatic hydroxyl groups excluding tert-OH is 1. The van der Waals surface area contributed by atoms with Gasteiger partial charge in [0, 0.05) is 18.6 Å². The van der Waals surface area contributed by atoms with Gasteiger partial charge in [-0.3, -0.25) is 0 Å². The number of hydrogen-bond acceptors (Lipinski definition) is 5. The number of likely N-dealkylation sites (N-methyl/N-ethyl adjacent to an activating group) is 1. The Balaban J connectivity index is 1.90. The Morgan fingerprint density at radius 1 is 1.40 bits per heavy atom. The van der Waals surface area contributed by atoms with Crippen LogP contribution in [0.5, 0.6) is 0 Å². The van der Waals surface area contributed by atoms with Crippen LogP contribution in [0, 0.1) is 0 Å². The van der Waals surface area contributed by atoms with Gasteiger partial charge >= 0.3 is 0 Å². The highest BCUT2D eigenvalue weighted by atomic mass is 32.2. The molecule has 0 bridgehead atoms. The molecule has 3 unspecified atom stereocenters. The summed E-state index contributed by atoms with van der Waals surface area (Å²) in [5, 5.41) is 12.8. The third-order valence-corrected chi connectivity index (χ3v) is 4.88. The average molecular weight is 234 g/mol. The maximum absolute atomic E-state index is 11.3. The van der Waals surface area contributed by atoms with Gasteiger partial charge < -0.3 is 15.3 Å². The van der Waals surface area contributed by atoms with E-state index in [4.69, 9.17) is 0 Å². The summed E-state index contributed by atoms with van der Waals surface area (Å²) in [6.45, 7) is 1.97. The number of aliphatic hydroxyl groups is 1. The number of nitrogens with one attached hydrogen (secondary N) is 1. The van der Waals surface area contributed by atoms with Crippen LogP contribution < -0.4 is 5.32 Å². The van der Waals surface area contributed by atoms with Crippen LogP contribution in [0.25, 0.3) is 0 Å². The molecule has 5 nitrogen and oxygen atoms in total. The molecule has 0 radical (unpaired) electrons. The van der Waals surface area contributed by atoms with Crippen molar-refractivity contribution in [1.29, 1.82) is 0 Å².